The molecule has 0 unspecified atom stereocenters. The predicted octanol–water partition coefficient (Wildman–Crippen LogP) is 0.621. The second-order valence-electron chi connectivity index (χ2n) is 5.80. The van der Waals surface area contributed by atoms with Gasteiger partial charge in [0.2, 0.25) is 5.88 Å². The number of methoxy groups -OCH3 is 1. The first kappa shape index (κ1) is 16.4. The summed E-state index contributed by atoms with van der Waals surface area (Å²) in [6.07, 6.45) is 2.31. The van der Waals surface area contributed by atoms with Gasteiger partial charge in [-0.2, -0.15) is 5.10 Å². The lowest BCUT2D eigenvalue weighted by molar-refractivity contribution is 0.0663. The van der Waals surface area contributed by atoms with E-state index in [4.69, 9.17) is 4.74 Å². The molecule has 0 spiro atoms. The largest absolute Gasteiger partial charge is 0.480 e. The third-order valence-electron chi connectivity index (χ3n) is 4.28. The highest BCUT2D eigenvalue weighted by Crippen LogP contribution is 2.18. The Bertz CT molecular complexity index is 704. The molecule has 0 bridgehead atoms. The first-order valence-corrected chi connectivity index (χ1v) is 8.06. The van der Waals surface area contributed by atoms with E-state index >= 15 is 0 Å². The molecule has 0 N–H and O–H groups in total. The highest BCUT2D eigenvalue weighted by atomic mass is 16.5. The van der Waals surface area contributed by atoms with E-state index in [-0.39, 0.29) is 5.91 Å². The van der Waals surface area contributed by atoms with Crippen molar-refractivity contribution in [3.63, 3.8) is 0 Å². The molecule has 128 valence electrons. The minimum Gasteiger partial charge on any atom is -0.480 e. The molecule has 1 aliphatic rings. The van der Waals surface area contributed by atoms with Gasteiger partial charge in [0.15, 0.2) is 5.82 Å². The van der Waals surface area contributed by atoms with Crippen LogP contribution in [0.3, 0.4) is 0 Å². The SMILES string of the molecule is CCc1c(C(=O)N2CCN(C)CC2)cnn1-c1ccc(OC)nn1. The standard InChI is InChI=1S/C16H22N6O2/c1-4-13-12(16(23)21-9-7-20(2)8-10-21)11-17-22(13)14-5-6-15(24-3)19-18-14/h5-6,11H,4,7-10H2,1-3H3. The summed E-state index contributed by atoms with van der Waals surface area (Å²) in [6.45, 7) is 5.28. The number of piperazine rings is 1. The van der Waals surface area contributed by atoms with E-state index in [9.17, 15) is 4.79 Å². The van der Waals surface area contributed by atoms with Gasteiger partial charge in [0.25, 0.3) is 5.91 Å². The summed E-state index contributed by atoms with van der Waals surface area (Å²) in [7, 11) is 3.61. The number of rotatable bonds is 4. The van der Waals surface area contributed by atoms with Gasteiger partial charge in [-0.1, -0.05) is 6.92 Å². The zero-order chi connectivity index (χ0) is 17.1. The predicted molar refractivity (Wildman–Crippen MR) is 88.5 cm³/mol. The number of hydrogen-bond donors (Lipinski definition) is 0. The first-order valence-electron chi connectivity index (χ1n) is 8.06. The summed E-state index contributed by atoms with van der Waals surface area (Å²) in [5, 5.41) is 12.4. The summed E-state index contributed by atoms with van der Waals surface area (Å²) in [4.78, 5) is 16.9. The summed E-state index contributed by atoms with van der Waals surface area (Å²) in [5.41, 5.74) is 1.48. The number of carbonyl (C=O) groups is 1. The number of likely N-dealkylation sites (N-methyl/N-ethyl adjacent to an activating group) is 1. The van der Waals surface area contributed by atoms with Crippen LogP contribution in [0.5, 0.6) is 5.88 Å². The zero-order valence-electron chi connectivity index (χ0n) is 14.3. The van der Waals surface area contributed by atoms with E-state index in [0.717, 1.165) is 31.9 Å². The molecule has 0 aliphatic carbocycles. The molecule has 8 heteroatoms. The minimum absolute atomic E-state index is 0.0349. The van der Waals surface area contributed by atoms with E-state index in [1.165, 1.54) is 0 Å². The Hall–Kier alpha value is -2.48. The number of nitrogens with zero attached hydrogens (tertiary/aromatic N) is 6. The molecule has 1 fully saturated rings. The van der Waals surface area contributed by atoms with Crippen molar-refractivity contribution in [2.75, 3.05) is 40.3 Å². The Balaban J connectivity index is 1.87. The Morgan fingerprint density at radius 3 is 2.54 bits per heavy atom. The fraction of sp³-hybridized carbons (Fsp3) is 0.500. The van der Waals surface area contributed by atoms with E-state index in [0.29, 0.717) is 23.7 Å². The molecule has 0 radical (unpaired) electrons. The van der Waals surface area contributed by atoms with Crippen molar-refractivity contribution in [1.82, 2.24) is 29.8 Å². The van der Waals surface area contributed by atoms with Gasteiger partial charge in [-0.25, -0.2) is 4.68 Å². The molecule has 3 rings (SSSR count). The van der Waals surface area contributed by atoms with Crippen LogP contribution in [0, 0.1) is 0 Å². The number of amides is 1. The van der Waals surface area contributed by atoms with Crippen molar-refractivity contribution < 1.29 is 9.53 Å². The van der Waals surface area contributed by atoms with E-state index in [1.54, 1.807) is 30.1 Å². The van der Waals surface area contributed by atoms with Crippen LogP contribution < -0.4 is 4.74 Å². The van der Waals surface area contributed by atoms with Crippen LogP contribution in [0.25, 0.3) is 5.82 Å². The smallest absolute Gasteiger partial charge is 0.257 e. The van der Waals surface area contributed by atoms with Crippen molar-refractivity contribution in [2.45, 2.75) is 13.3 Å². The maximum Gasteiger partial charge on any atom is 0.257 e. The van der Waals surface area contributed by atoms with Gasteiger partial charge in [0.1, 0.15) is 0 Å². The fourth-order valence-electron chi connectivity index (χ4n) is 2.80. The van der Waals surface area contributed by atoms with Gasteiger partial charge in [0.05, 0.1) is 24.6 Å². The summed E-state index contributed by atoms with van der Waals surface area (Å²) in [6, 6.07) is 3.51. The second-order valence-corrected chi connectivity index (χ2v) is 5.80. The third kappa shape index (κ3) is 3.09. The molecule has 1 aliphatic heterocycles. The van der Waals surface area contributed by atoms with E-state index in [1.807, 2.05) is 11.8 Å². The van der Waals surface area contributed by atoms with Crippen molar-refractivity contribution in [3.05, 3.63) is 29.6 Å². The molecule has 1 saturated heterocycles. The van der Waals surface area contributed by atoms with E-state index < -0.39 is 0 Å². The van der Waals surface area contributed by atoms with Crippen molar-refractivity contribution >= 4 is 5.91 Å². The molecule has 3 heterocycles. The molecule has 1 amide bonds. The lowest BCUT2D eigenvalue weighted by Gasteiger charge is -2.32. The quantitative estimate of drug-likeness (QED) is 0.818. The van der Waals surface area contributed by atoms with Crippen LogP contribution in [0.2, 0.25) is 0 Å². The fourth-order valence-corrected chi connectivity index (χ4v) is 2.80. The molecular formula is C16H22N6O2. The maximum absolute atomic E-state index is 12.8. The maximum atomic E-state index is 12.8. The summed E-state index contributed by atoms with van der Waals surface area (Å²) < 4.78 is 6.70. The van der Waals surface area contributed by atoms with Gasteiger partial charge in [-0.05, 0) is 19.5 Å². The molecule has 0 aromatic carbocycles. The molecule has 0 atom stereocenters. The average molecular weight is 330 g/mol. The number of hydrogen-bond acceptors (Lipinski definition) is 6. The van der Waals surface area contributed by atoms with Crippen LogP contribution in [0.15, 0.2) is 18.3 Å². The Kier molecular flexibility index (Phi) is 4.75. The third-order valence-corrected chi connectivity index (χ3v) is 4.28. The van der Waals surface area contributed by atoms with E-state index in [2.05, 4.69) is 27.2 Å². The summed E-state index contributed by atoms with van der Waals surface area (Å²) >= 11 is 0. The van der Waals surface area contributed by atoms with Gasteiger partial charge in [-0.3, -0.25) is 4.79 Å². The molecule has 24 heavy (non-hydrogen) atoms. The highest BCUT2D eigenvalue weighted by Gasteiger charge is 2.25. The van der Waals surface area contributed by atoms with Crippen LogP contribution >= 0.6 is 0 Å². The van der Waals surface area contributed by atoms with Crippen LogP contribution in [-0.2, 0) is 6.42 Å². The topological polar surface area (TPSA) is 76.4 Å². The lowest BCUT2D eigenvalue weighted by Crippen LogP contribution is -2.47. The Morgan fingerprint density at radius 2 is 1.96 bits per heavy atom. The van der Waals surface area contributed by atoms with Crippen LogP contribution in [-0.4, -0.2) is 76.0 Å². The van der Waals surface area contributed by atoms with Gasteiger partial charge in [-0.15, -0.1) is 10.2 Å². The van der Waals surface area contributed by atoms with Crippen molar-refractivity contribution in [2.24, 2.45) is 0 Å². The highest BCUT2D eigenvalue weighted by molar-refractivity contribution is 5.95. The first-order chi connectivity index (χ1) is 11.6. The van der Waals surface area contributed by atoms with Crippen molar-refractivity contribution in [3.8, 4) is 11.7 Å². The molecule has 0 saturated carbocycles. The van der Waals surface area contributed by atoms with Crippen molar-refractivity contribution in [1.29, 1.82) is 0 Å². The normalized spacial score (nSPS) is 15.5. The van der Waals surface area contributed by atoms with Gasteiger partial charge < -0.3 is 14.5 Å². The van der Waals surface area contributed by atoms with Gasteiger partial charge in [0, 0.05) is 32.2 Å². The second kappa shape index (κ2) is 6.96. The van der Waals surface area contributed by atoms with Gasteiger partial charge >= 0.3 is 0 Å². The number of carbonyl (C=O) groups excluding carboxylic acids is 1. The molecule has 2 aromatic heterocycles. The molecule has 2 aromatic rings. The monoisotopic (exact) mass is 330 g/mol. The molecular weight excluding hydrogens is 308 g/mol. The zero-order valence-corrected chi connectivity index (χ0v) is 14.3. The van der Waals surface area contributed by atoms with Crippen LogP contribution in [0.1, 0.15) is 23.0 Å². The Morgan fingerprint density at radius 1 is 1.21 bits per heavy atom. The minimum atomic E-state index is 0.0349. The average Bonchev–Trinajstić information content (AvgIpc) is 3.05. The molecule has 8 nitrogen and oxygen atoms in total. The summed E-state index contributed by atoms with van der Waals surface area (Å²) in [5.74, 6) is 1.05. The lowest BCUT2D eigenvalue weighted by atomic mass is 10.1. The number of aromatic nitrogens is 4. The number of ether oxygens (including phenoxy) is 1. The Labute approximate surface area is 141 Å². The van der Waals surface area contributed by atoms with Crippen LogP contribution in [0.4, 0.5) is 0 Å².